The summed E-state index contributed by atoms with van der Waals surface area (Å²) in [6, 6.07) is 0. The second kappa shape index (κ2) is 15.3. The maximum Gasteiger partial charge on any atom is 0.0847 e. The van der Waals surface area contributed by atoms with Gasteiger partial charge in [-0.15, -0.1) is 0 Å². The lowest BCUT2D eigenvalue weighted by Gasteiger charge is -2.28. The first kappa shape index (κ1) is 28.5. The molecule has 0 aromatic rings. The number of nitrogens with one attached hydrogen (secondary N) is 2. The molecule has 174 valence electrons. The molecule has 0 spiro atoms. The van der Waals surface area contributed by atoms with Crippen molar-refractivity contribution in [3.63, 3.8) is 0 Å². The Bertz CT molecular complexity index is 416. The minimum atomic E-state index is -0.515. The number of nitrogens with two attached hydrogens (primary N) is 1. The van der Waals surface area contributed by atoms with E-state index in [0.717, 1.165) is 52.0 Å². The first-order valence-electron chi connectivity index (χ1n) is 11.3. The van der Waals surface area contributed by atoms with E-state index in [1.807, 2.05) is 6.08 Å². The largest absolute Gasteiger partial charge is 0.392 e. The molecular formula is C23H50N4O2. The Labute approximate surface area is 180 Å². The number of aliphatic hydroxyl groups is 2. The van der Waals surface area contributed by atoms with Gasteiger partial charge in [-0.3, -0.25) is 4.90 Å². The lowest BCUT2D eigenvalue weighted by Crippen LogP contribution is -2.42. The van der Waals surface area contributed by atoms with Crippen molar-refractivity contribution in [2.45, 2.75) is 73.0 Å². The Hall–Kier alpha value is -0.500. The van der Waals surface area contributed by atoms with Crippen LogP contribution < -0.4 is 16.4 Å². The van der Waals surface area contributed by atoms with Crippen LogP contribution in [0.1, 0.15) is 60.8 Å². The van der Waals surface area contributed by atoms with Gasteiger partial charge in [0.05, 0.1) is 12.2 Å². The molecule has 0 radical (unpaired) electrons. The van der Waals surface area contributed by atoms with Crippen LogP contribution >= 0.6 is 0 Å². The summed E-state index contributed by atoms with van der Waals surface area (Å²) in [7, 11) is 0. The highest BCUT2D eigenvalue weighted by Crippen LogP contribution is 2.22. The number of allylic oxidation sites excluding steroid dienone is 1. The van der Waals surface area contributed by atoms with Crippen LogP contribution in [0.4, 0.5) is 0 Å². The highest BCUT2D eigenvalue weighted by molar-refractivity contribution is 4.92. The van der Waals surface area contributed by atoms with Crippen molar-refractivity contribution in [3.05, 3.63) is 12.2 Å². The summed E-state index contributed by atoms with van der Waals surface area (Å²) in [4.78, 5) is 2.17. The molecule has 2 atom stereocenters. The minimum absolute atomic E-state index is 0.221. The summed E-state index contributed by atoms with van der Waals surface area (Å²) >= 11 is 0. The molecule has 0 aliphatic carbocycles. The number of aliphatic hydroxyl groups excluding tert-OH is 2. The normalized spacial score (nSPS) is 15.4. The molecule has 6 nitrogen and oxygen atoms in total. The number of nitrogens with zero attached hydrogens (tertiary/aromatic N) is 1. The summed E-state index contributed by atoms with van der Waals surface area (Å²) in [6.45, 7) is 19.2. The van der Waals surface area contributed by atoms with Crippen LogP contribution in [-0.2, 0) is 0 Å². The zero-order valence-corrected chi connectivity index (χ0v) is 20.0. The Morgan fingerprint density at radius 3 is 2.07 bits per heavy atom. The zero-order chi connectivity index (χ0) is 22.3. The average molecular weight is 415 g/mol. The van der Waals surface area contributed by atoms with Gasteiger partial charge in [0.15, 0.2) is 0 Å². The van der Waals surface area contributed by atoms with Gasteiger partial charge in [-0.25, -0.2) is 0 Å². The molecule has 2 unspecified atom stereocenters. The predicted octanol–water partition coefficient (Wildman–Crippen LogP) is 1.97. The van der Waals surface area contributed by atoms with Crippen LogP contribution in [0, 0.1) is 10.8 Å². The second-order valence-electron chi connectivity index (χ2n) is 10.6. The van der Waals surface area contributed by atoms with Gasteiger partial charge in [0.1, 0.15) is 0 Å². The molecule has 0 fully saturated rings. The highest BCUT2D eigenvalue weighted by Gasteiger charge is 2.18. The lowest BCUT2D eigenvalue weighted by atomic mass is 9.89. The third kappa shape index (κ3) is 20.5. The van der Waals surface area contributed by atoms with Crippen LogP contribution in [0.2, 0.25) is 0 Å². The summed E-state index contributed by atoms with van der Waals surface area (Å²) in [5, 5.41) is 27.6. The third-order valence-corrected chi connectivity index (χ3v) is 4.63. The third-order valence-electron chi connectivity index (χ3n) is 4.63. The van der Waals surface area contributed by atoms with E-state index >= 15 is 0 Å². The molecule has 0 heterocycles. The van der Waals surface area contributed by atoms with Crippen molar-refractivity contribution in [1.82, 2.24) is 15.5 Å². The molecule has 0 saturated heterocycles. The molecule has 0 amide bonds. The van der Waals surface area contributed by atoms with Crippen LogP contribution in [0.25, 0.3) is 0 Å². The van der Waals surface area contributed by atoms with Crippen molar-refractivity contribution in [1.29, 1.82) is 0 Å². The Balaban J connectivity index is 4.49. The van der Waals surface area contributed by atoms with E-state index in [1.165, 1.54) is 0 Å². The van der Waals surface area contributed by atoms with Gasteiger partial charge in [0, 0.05) is 52.4 Å². The molecule has 0 aliphatic heterocycles. The van der Waals surface area contributed by atoms with E-state index in [1.54, 1.807) is 0 Å². The number of hydrogen-bond acceptors (Lipinski definition) is 6. The van der Waals surface area contributed by atoms with Crippen molar-refractivity contribution < 1.29 is 10.2 Å². The number of rotatable bonds is 16. The highest BCUT2D eigenvalue weighted by atomic mass is 16.3. The van der Waals surface area contributed by atoms with Crippen molar-refractivity contribution in [2.75, 3.05) is 52.4 Å². The standard InChI is InChI=1S/C23H50N4O2/c1-22(2,3)10-7-8-20(28)18-27(17-16-26-15-14-25-13-12-24)19-21(29)9-11-23(4,5)6/h7-8,20-21,25-26,28-29H,9-19,24H2,1-6H3. The Morgan fingerprint density at radius 1 is 0.897 bits per heavy atom. The van der Waals surface area contributed by atoms with Gasteiger partial charge in [-0.1, -0.05) is 53.7 Å². The van der Waals surface area contributed by atoms with Gasteiger partial charge < -0.3 is 26.6 Å². The van der Waals surface area contributed by atoms with Gasteiger partial charge in [-0.2, -0.15) is 0 Å². The average Bonchev–Trinajstić information content (AvgIpc) is 2.57. The monoisotopic (exact) mass is 414 g/mol. The van der Waals surface area contributed by atoms with E-state index in [4.69, 9.17) is 5.73 Å². The van der Waals surface area contributed by atoms with Gasteiger partial charge in [0.25, 0.3) is 0 Å². The first-order valence-corrected chi connectivity index (χ1v) is 11.3. The summed E-state index contributed by atoms with van der Waals surface area (Å²) < 4.78 is 0. The maximum absolute atomic E-state index is 10.5. The van der Waals surface area contributed by atoms with Crippen LogP contribution in [0.15, 0.2) is 12.2 Å². The topological polar surface area (TPSA) is 93.8 Å². The SMILES string of the molecule is CC(C)(C)CC=CC(O)CN(CCNCCNCCN)CC(O)CCC(C)(C)C. The molecule has 0 aromatic heterocycles. The van der Waals surface area contributed by atoms with Crippen LogP contribution in [0.5, 0.6) is 0 Å². The van der Waals surface area contributed by atoms with Gasteiger partial charge in [0.2, 0.25) is 0 Å². The Morgan fingerprint density at radius 2 is 1.52 bits per heavy atom. The van der Waals surface area contributed by atoms with Gasteiger partial charge >= 0.3 is 0 Å². The fourth-order valence-corrected chi connectivity index (χ4v) is 2.92. The minimum Gasteiger partial charge on any atom is -0.392 e. The van der Waals surface area contributed by atoms with E-state index in [-0.39, 0.29) is 16.9 Å². The van der Waals surface area contributed by atoms with Crippen molar-refractivity contribution in [3.8, 4) is 0 Å². The summed E-state index contributed by atoms with van der Waals surface area (Å²) in [5.41, 5.74) is 5.91. The quantitative estimate of drug-likeness (QED) is 0.196. The van der Waals surface area contributed by atoms with E-state index in [9.17, 15) is 10.2 Å². The molecule has 29 heavy (non-hydrogen) atoms. The fraction of sp³-hybridized carbons (Fsp3) is 0.913. The summed E-state index contributed by atoms with van der Waals surface area (Å²) in [6.07, 6.45) is 5.79. The van der Waals surface area contributed by atoms with Crippen LogP contribution in [0.3, 0.4) is 0 Å². The van der Waals surface area contributed by atoms with Crippen molar-refractivity contribution in [2.24, 2.45) is 16.6 Å². The lowest BCUT2D eigenvalue weighted by molar-refractivity contribution is 0.0731. The first-order chi connectivity index (χ1) is 13.4. The van der Waals surface area contributed by atoms with Crippen molar-refractivity contribution >= 4 is 0 Å². The maximum atomic E-state index is 10.5. The van der Waals surface area contributed by atoms with E-state index in [2.05, 4.69) is 63.2 Å². The van der Waals surface area contributed by atoms with E-state index < -0.39 is 6.10 Å². The van der Waals surface area contributed by atoms with Crippen LogP contribution in [-0.4, -0.2) is 79.7 Å². The number of hydrogen-bond donors (Lipinski definition) is 5. The molecular weight excluding hydrogens is 364 g/mol. The molecule has 0 saturated carbocycles. The molecule has 0 aromatic carbocycles. The smallest absolute Gasteiger partial charge is 0.0847 e. The molecule has 6 heteroatoms. The fourth-order valence-electron chi connectivity index (χ4n) is 2.92. The summed E-state index contributed by atoms with van der Waals surface area (Å²) in [5.74, 6) is 0. The molecule has 0 aliphatic rings. The van der Waals surface area contributed by atoms with Gasteiger partial charge in [-0.05, 0) is 30.1 Å². The molecule has 0 bridgehead atoms. The second-order valence-corrected chi connectivity index (χ2v) is 10.6. The molecule has 6 N–H and O–H groups in total. The zero-order valence-electron chi connectivity index (χ0n) is 20.0. The Kier molecular flexibility index (Phi) is 15.1. The van der Waals surface area contributed by atoms with E-state index in [0.29, 0.717) is 19.6 Å². The predicted molar refractivity (Wildman–Crippen MR) is 125 cm³/mol. The molecule has 0 rings (SSSR count).